The molecule has 0 aliphatic rings. The topological polar surface area (TPSA) is 128 Å². The third-order valence-corrected chi connectivity index (χ3v) is 10.4. The van der Waals surface area contributed by atoms with Crippen LogP contribution < -0.4 is 0 Å². The molecule has 0 amide bonds. The van der Waals surface area contributed by atoms with Gasteiger partial charge in [-0.1, -0.05) is 48.0 Å². The van der Waals surface area contributed by atoms with E-state index in [1.54, 1.807) is 0 Å². The number of imidazole rings is 1. The van der Waals surface area contributed by atoms with Gasteiger partial charge in [-0.2, -0.15) is 0 Å². The molecule has 0 atom stereocenters. The molecule has 0 bridgehead atoms. The van der Waals surface area contributed by atoms with Crippen LogP contribution in [-0.4, -0.2) is 50.5 Å². The summed E-state index contributed by atoms with van der Waals surface area (Å²) in [5.74, 6) is -1.07. The van der Waals surface area contributed by atoms with Crippen LogP contribution in [0.2, 0.25) is 18.1 Å². The molecule has 1 aromatic heterocycles. The molecule has 1 N–H and O–H groups in total. The van der Waals surface area contributed by atoms with Gasteiger partial charge < -0.3 is 25.0 Å². The second-order valence-corrected chi connectivity index (χ2v) is 14.3. The summed E-state index contributed by atoms with van der Waals surface area (Å²) in [4.78, 5) is 37.1. The van der Waals surface area contributed by atoms with Gasteiger partial charge in [0.15, 0.2) is 14.5 Å². The molecule has 32 heavy (non-hydrogen) atoms. The summed E-state index contributed by atoms with van der Waals surface area (Å²) in [5, 5.41) is 22.1. The van der Waals surface area contributed by atoms with Crippen molar-refractivity contribution in [2.75, 3.05) is 13.1 Å². The number of halogens is 1. The number of hydrogen-bond donors (Lipinski definition) is 1. The molecular formula is C20H30BrN5O5Si. The van der Waals surface area contributed by atoms with E-state index in [0.29, 0.717) is 13.1 Å². The zero-order chi connectivity index (χ0) is 24.1. The highest BCUT2D eigenvalue weighted by atomic mass is 79.9. The van der Waals surface area contributed by atoms with Gasteiger partial charge in [-0.05, 0) is 64.0 Å². The first-order chi connectivity index (χ1) is 14.8. The molecule has 2 rings (SSSR count). The summed E-state index contributed by atoms with van der Waals surface area (Å²) in [5.41, 5.74) is 1.08. The molecule has 10 nitrogen and oxygen atoms in total. The van der Waals surface area contributed by atoms with E-state index >= 15 is 0 Å². The van der Waals surface area contributed by atoms with Gasteiger partial charge >= 0.3 is 11.8 Å². The summed E-state index contributed by atoms with van der Waals surface area (Å²) in [6.07, 6.45) is 2.81. The molecule has 0 unspecified atom stereocenters. The summed E-state index contributed by atoms with van der Waals surface area (Å²) >= 11 is 3.56. The summed E-state index contributed by atoms with van der Waals surface area (Å²) in [7, 11) is -2.32. The van der Waals surface area contributed by atoms with Crippen molar-refractivity contribution in [2.24, 2.45) is 0 Å². The van der Waals surface area contributed by atoms with Crippen LogP contribution in [0.1, 0.15) is 32.3 Å². The van der Waals surface area contributed by atoms with E-state index in [1.807, 2.05) is 37.4 Å². The van der Waals surface area contributed by atoms with E-state index in [9.17, 15) is 25.0 Å². The van der Waals surface area contributed by atoms with E-state index < -0.39 is 29.9 Å². The Bertz CT molecular complexity index is 960. The van der Waals surface area contributed by atoms with Crippen LogP contribution in [0.5, 0.6) is 0 Å². The Hall–Kier alpha value is -2.15. The Kier molecular flexibility index (Phi) is 8.68. The van der Waals surface area contributed by atoms with Crippen molar-refractivity contribution in [1.29, 1.82) is 0 Å². The molecule has 0 fully saturated rings. The molecule has 176 valence electrons. The van der Waals surface area contributed by atoms with Gasteiger partial charge in [-0.15, -0.1) is 0 Å². The number of aromatic nitrogens is 2. The Morgan fingerprint density at radius 2 is 1.84 bits per heavy atom. The van der Waals surface area contributed by atoms with Crippen molar-refractivity contribution in [3.8, 4) is 0 Å². The van der Waals surface area contributed by atoms with Gasteiger partial charge in [0.2, 0.25) is 0 Å². The molecular weight excluding hydrogens is 498 g/mol. The number of nitrogens with zero attached hydrogens (tertiary/aromatic N) is 5. The van der Waals surface area contributed by atoms with Crippen LogP contribution in [0.4, 0.5) is 11.8 Å². The predicted molar refractivity (Wildman–Crippen MR) is 128 cm³/mol. The third-order valence-electron chi connectivity index (χ3n) is 6.03. The smallest absolute Gasteiger partial charge is 0.432 e. The molecule has 1 heterocycles. The second-order valence-electron chi connectivity index (χ2n) is 9.02. The van der Waals surface area contributed by atoms with Crippen LogP contribution in [0, 0.1) is 20.2 Å². The maximum absolute atomic E-state index is 11.3. The van der Waals surface area contributed by atoms with Crippen LogP contribution in [0.25, 0.3) is 0 Å². The lowest BCUT2D eigenvalue weighted by molar-refractivity contribution is -0.403. The van der Waals surface area contributed by atoms with E-state index in [2.05, 4.69) is 39.7 Å². The molecule has 0 aliphatic carbocycles. The quantitative estimate of drug-likeness (QED) is 0.240. The molecule has 0 radical (unpaired) electrons. The Labute approximate surface area is 196 Å². The van der Waals surface area contributed by atoms with E-state index in [1.165, 1.54) is 4.57 Å². The van der Waals surface area contributed by atoms with Crippen LogP contribution in [0.15, 0.2) is 34.9 Å². The summed E-state index contributed by atoms with van der Waals surface area (Å²) in [6, 6.07) is 7.85. The normalized spacial score (nSPS) is 12.3. The van der Waals surface area contributed by atoms with Gasteiger partial charge in [0.05, 0.1) is 6.54 Å². The number of benzene rings is 1. The van der Waals surface area contributed by atoms with Crippen molar-refractivity contribution in [3.63, 3.8) is 0 Å². The highest BCUT2D eigenvalue weighted by molar-refractivity contribution is 9.10. The van der Waals surface area contributed by atoms with Gasteiger partial charge in [0, 0.05) is 17.6 Å². The highest BCUT2D eigenvalue weighted by Crippen LogP contribution is 2.39. The van der Waals surface area contributed by atoms with E-state index in [4.69, 9.17) is 0 Å². The average molecular weight is 528 g/mol. The SMILES string of the molecule is CC(C)(CCCN(CCn1cc([N+](=O)[O-])nc1[N+](=O)[O-])Cc1ccccc1Br)[Si](C)(C)O. The van der Waals surface area contributed by atoms with Crippen LogP contribution in [-0.2, 0) is 13.1 Å². The maximum atomic E-state index is 11.3. The minimum atomic E-state index is -2.32. The van der Waals surface area contributed by atoms with E-state index in [0.717, 1.165) is 35.6 Å². The fourth-order valence-electron chi connectivity index (χ4n) is 3.23. The molecule has 12 heteroatoms. The molecule has 0 saturated carbocycles. The van der Waals surface area contributed by atoms with Crippen molar-refractivity contribution in [2.45, 2.75) is 57.9 Å². The summed E-state index contributed by atoms with van der Waals surface area (Å²) < 4.78 is 2.19. The molecule has 0 spiro atoms. The lowest BCUT2D eigenvalue weighted by Gasteiger charge is -2.35. The maximum Gasteiger partial charge on any atom is 0.439 e. The van der Waals surface area contributed by atoms with Crippen molar-refractivity contribution in [1.82, 2.24) is 14.5 Å². The lowest BCUT2D eigenvalue weighted by atomic mass is 10.1. The molecule has 1 aromatic carbocycles. The van der Waals surface area contributed by atoms with Crippen LogP contribution in [0.3, 0.4) is 0 Å². The standard InChI is InChI=1S/C20H30BrN5O5Si/c1-20(2,32(3,4)31)10-7-11-23(14-16-8-5-6-9-17(16)21)12-13-24-15-18(25(27)28)22-19(24)26(29)30/h5-6,8-9,15,31H,7,10-14H2,1-4H3. The van der Waals surface area contributed by atoms with Crippen LogP contribution >= 0.6 is 15.9 Å². The van der Waals surface area contributed by atoms with Crippen molar-refractivity contribution < 1.29 is 14.6 Å². The van der Waals surface area contributed by atoms with Gasteiger partial charge in [-0.25, -0.2) is 4.57 Å². The first-order valence-electron chi connectivity index (χ1n) is 10.4. The van der Waals surface area contributed by atoms with Gasteiger partial charge in [-0.3, -0.25) is 4.90 Å². The Morgan fingerprint density at radius 3 is 2.41 bits per heavy atom. The Balaban J connectivity index is 2.15. The number of rotatable bonds is 12. The van der Waals surface area contributed by atoms with Gasteiger partial charge in [0.25, 0.3) is 0 Å². The molecule has 2 aromatic rings. The predicted octanol–water partition coefficient (Wildman–Crippen LogP) is 4.72. The third kappa shape index (κ3) is 6.92. The summed E-state index contributed by atoms with van der Waals surface area (Å²) in [6.45, 7) is 10.1. The van der Waals surface area contributed by atoms with Gasteiger partial charge in [0.1, 0.15) is 0 Å². The van der Waals surface area contributed by atoms with E-state index in [-0.39, 0.29) is 11.6 Å². The number of nitro groups is 2. The zero-order valence-corrected chi connectivity index (χ0v) is 21.4. The fraction of sp³-hybridized carbons (Fsp3) is 0.550. The average Bonchev–Trinajstić information content (AvgIpc) is 3.11. The first-order valence-corrected chi connectivity index (χ1v) is 14.1. The van der Waals surface area contributed by atoms with Crippen molar-refractivity contribution in [3.05, 3.63) is 60.7 Å². The Morgan fingerprint density at radius 1 is 1.19 bits per heavy atom. The lowest BCUT2D eigenvalue weighted by Crippen LogP contribution is -2.39. The second kappa shape index (κ2) is 10.6. The monoisotopic (exact) mass is 527 g/mol. The van der Waals surface area contributed by atoms with Crippen molar-refractivity contribution >= 4 is 36.0 Å². The molecule has 0 saturated heterocycles. The molecule has 0 aliphatic heterocycles. The largest absolute Gasteiger partial charge is 0.439 e. The highest BCUT2D eigenvalue weighted by Gasteiger charge is 2.37. The first kappa shape index (κ1) is 26.1. The zero-order valence-electron chi connectivity index (χ0n) is 18.8. The fourth-order valence-corrected chi connectivity index (χ4v) is 4.43. The number of hydrogen-bond acceptors (Lipinski definition) is 7. The minimum Gasteiger partial charge on any atom is -0.432 e. The minimum absolute atomic E-state index is 0.143.